The molecule has 1 atom stereocenters. The van der Waals surface area contributed by atoms with E-state index >= 15 is 0 Å². The van der Waals surface area contributed by atoms with Crippen LogP contribution in [0.25, 0.3) is 0 Å². The van der Waals surface area contributed by atoms with Crippen molar-refractivity contribution in [2.75, 3.05) is 33.4 Å². The van der Waals surface area contributed by atoms with Gasteiger partial charge in [0, 0.05) is 20.0 Å². The summed E-state index contributed by atoms with van der Waals surface area (Å²) in [7, 11) is 1.70. The largest absolute Gasteiger partial charge is 0.358 e. The smallest absolute Gasteiger partial charge is 0.237 e. The van der Waals surface area contributed by atoms with E-state index in [4.69, 9.17) is 9.47 Å². The molecule has 1 unspecified atom stereocenters. The summed E-state index contributed by atoms with van der Waals surface area (Å²) in [6.07, 6.45) is 3.83. The Labute approximate surface area is 102 Å². The number of hydrogen-bond acceptors (Lipinski definition) is 4. The van der Waals surface area contributed by atoms with Gasteiger partial charge in [0.2, 0.25) is 5.91 Å². The number of ether oxygens (including phenoxy) is 2. The Bertz CT molecular complexity index is 254. The summed E-state index contributed by atoms with van der Waals surface area (Å²) in [6.45, 7) is 3.47. The fourth-order valence-corrected chi connectivity index (χ4v) is 2.53. The summed E-state index contributed by atoms with van der Waals surface area (Å²) < 4.78 is 11.0. The second-order valence-electron chi connectivity index (χ2n) is 4.62. The number of carbonyl (C=O) groups excluding carboxylic acids is 1. The first-order valence-corrected chi connectivity index (χ1v) is 6.50. The van der Waals surface area contributed by atoms with E-state index in [1.165, 1.54) is 0 Å². The van der Waals surface area contributed by atoms with Gasteiger partial charge in [-0.05, 0) is 25.8 Å². The van der Waals surface area contributed by atoms with Crippen molar-refractivity contribution in [3.63, 3.8) is 0 Å². The molecule has 2 aliphatic rings. The minimum atomic E-state index is -0.0744. The van der Waals surface area contributed by atoms with Gasteiger partial charge in [-0.15, -0.1) is 0 Å². The summed E-state index contributed by atoms with van der Waals surface area (Å²) >= 11 is 0. The van der Waals surface area contributed by atoms with Crippen LogP contribution in [0.1, 0.15) is 25.7 Å². The van der Waals surface area contributed by atoms with Crippen LogP contribution in [0.4, 0.5) is 0 Å². The second kappa shape index (κ2) is 6.33. The lowest BCUT2D eigenvalue weighted by Crippen LogP contribution is -2.43. The molecular weight excluding hydrogens is 220 g/mol. The van der Waals surface area contributed by atoms with Crippen LogP contribution < -0.4 is 5.32 Å². The summed E-state index contributed by atoms with van der Waals surface area (Å²) in [5.74, 6) is 0.132. The van der Waals surface area contributed by atoms with Crippen molar-refractivity contribution in [3.8, 4) is 0 Å². The summed E-state index contributed by atoms with van der Waals surface area (Å²) in [5.41, 5.74) is 0. The highest BCUT2D eigenvalue weighted by atomic mass is 16.7. The first-order valence-electron chi connectivity index (χ1n) is 6.50. The number of nitrogens with one attached hydrogen (secondary N) is 1. The molecule has 0 aliphatic carbocycles. The van der Waals surface area contributed by atoms with Gasteiger partial charge in [0.05, 0.1) is 19.3 Å². The zero-order valence-electron chi connectivity index (χ0n) is 10.5. The highest BCUT2D eigenvalue weighted by Crippen LogP contribution is 2.19. The van der Waals surface area contributed by atoms with E-state index < -0.39 is 0 Å². The maximum Gasteiger partial charge on any atom is 0.237 e. The maximum atomic E-state index is 11.7. The number of hydrogen-bond donors (Lipinski definition) is 1. The Balaban J connectivity index is 1.75. The number of likely N-dealkylation sites (tertiary alicyclic amines) is 1. The SMILES string of the molecule is CNC(=O)C1CCCN1CCC1OCCCO1. The molecule has 2 heterocycles. The van der Waals surface area contributed by atoms with Crippen LogP contribution in [-0.2, 0) is 14.3 Å². The maximum absolute atomic E-state index is 11.7. The van der Waals surface area contributed by atoms with Gasteiger partial charge in [-0.3, -0.25) is 9.69 Å². The van der Waals surface area contributed by atoms with Crippen molar-refractivity contribution in [1.82, 2.24) is 10.2 Å². The van der Waals surface area contributed by atoms with Crippen LogP contribution in [0.2, 0.25) is 0 Å². The van der Waals surface area contributed by atoms with Gasteiger partial charge in [0.15, 0.2) is 6.29 Å². The van der Waals surface area contributed by atoms with Crippen LogP contribution >= 0.6 is 0 Å². The van der Waals surface area contributed by atoms with E-state index in [0.29, 0.717) is 0 Å². The summed E-state index contributed by atoms with van der Waals surface area (Å²) in [6, 6.07) is 0.0450. The van der Waals surface area contributed by atoms with Crippen LogP contribution in [0, 0.1) is 0 Å². The van der Waals surface area contributed by atoms with Crippen molar-refractivity contribution < 1.29 is 14.3 Å². The van der Waals surface area contributed by atoms with Crippen molar-refractivity contribution in [2.45, 2.75) is 38.0 Å². The van der Waals surface area contributed by atoms with Gasteiger partial charge >= 0.3 is 0 Å². The van der Waals surface area contributed by atoms with E-state index in [-0.39, 0.29) is 18.2 Å². The molecule has 98 valence electrons. The molecule has 2 rings (SSSR count). The summed E-state index contributed by atoms with van der Waals surface area (Å²) in [4.78, 5) is 13.9. The zero-order valence-corrected chi connectivity index (χ0v) is 10.5. The molecule has 1 amide bonds. The standard InChI is InChI=1S/C12H22N2O3/c1-13-12(15)10-4-2-6-14(10)7-5-11-16-8-3-9-17-11/h10-11H,2-9H2,1H3,(H,13,15). The molecule has 0 spiro atoms. The molecule has 0 saturated carbocycles. The third kappa shape index (κ3) is 3.40. The van der Waals surface area contributed by atoms with Crippen LogP contribution in [0.15, 0.2) is 0 Å². The summed E-state index contributed by atoms with van der Waals surface area (Å²) in [5, 5.41) is 2.73. The Morgan fingerprint density at radius 2 is 2.12 bits per heavy atom. The predicted molar refractivity (Wildman–Crippen MR) is 63.6 cm³/mol. The third-order valence-electron chi connectivity index (χ3n) is 3.46. The van der Waals surface area contributed by atoms with Crippen molar-refractivity contribution >= 4 is 5.91 Å². The highest BCUT2D eigenvalue weighted by molar-refractivity contribution is 5.81. The van der Waals surface area contributed by atoms with Gasteiger partial charge in [0.25, 0.3) is 0 Å². The van der Waals surface area contributed by atoms with Crippen molar-refractivity contribution in [1.29, 1.82) is 0 Å². The second-order valence-corrected chi connectivity index (χ2v) is 4.62. The van der Waals surface area contributed by atoms with E-state index in [9.17, 15) is 4.79 Å². The van der Waals surface area contributed by atoms with Crippen LogP contribution in [0.5, 0.6) is 0 Å². The average molecular weight is 242 g/mol. The highest BCUT2D eigenvalue weighted by Gasteiger charge is 2.30. The first-order chi connectivity index (χ1) is 8.31. The molecule has 0 aromatic carbocycles. The Kier molecular flexibility index (Phi) is 4.76. The van der Waals surface area contributed by atoms with E-state index in [1.807, 2.05) is 0 Å². The van der Waals surface area contributed by atoms with E-state index in [0.717, 1.165) is 52.0 Å². The molecule has 0 aromatic heterocycles. The van der Waals surface area contributed by atoms with Gasteiger partial charge in [0.1, 0.15) is 0 Å². The zero-order chi connectivity index (χ0) is 12.1. The number of likely N-dealkylation sites (N-methyl/N-ethyl adjacent to an activating group) is 1. The van der Waals surface area contributed by atoms with Crippen LogP contribution in [-0.4, -0.2) is 56.5 Å². The lowest BCUT2D eigenvalue weighted by atomic mass is 10.2. The monoisotopic (exact) mass is 242 g/mol. The topological polar surface area (TPSA) is 50.8 Å². The molecule has 2 fully saturated rings. The lowest BCUT2D eigenvalue weighted by Gasteiger charge is -2.27. The number of carbonyl (C=O) groups is 1. The normalized spacial score (nSPS) is 27.2. The minimum absolute atomic E-state index is 0.0450. The quantitative estimate of drug-likeness (QED) is 0.773. The minimum Gasteiger partial charge on any atom is -0.358 e. The van der Waals surface area contributed by atoms with Crippen molar-refractivity contribution in [3.05, 3.63) is 0 Å². The molecule has 2 aliphatic heterocycles. The van der Waals surface area contributed by atoms with E-state index in [2.05, 4.69) is 10.2 Å². The van der Waals surface area contributed by atoms with Gasteiger partial charge < -0.3 is 14.8 Å². The first kappa shape index (κ1) is 12.8. The molecule has 17 heavy (non-hydrogen) atoms. The number of rotatable bonds is 4. The Hall–Kier alpha value is -0.650. The third-order valence-corrected chi connectivity index (χ3v) is 3.46. The van der Waals surface area contributed by atoms with E-state index in [1.54, 1.807) is 7.05 Å². The molecule has 5 nitrogen and oxygen atoms in total. The molecule has 0 bridgehead atoms. The average Bonchev–Trinajstić information content (AvgIpc) is 2.85. The predicted octanol–water partition coefficient (Wildman–Crippen LogP) is 0.350. The Morgan fingerprint density at radius 1 is 1.35 bits per heavy atom. The Morgan fingerprint density at radius 3 is 2.82 bits per heavy atom. The molecular formula is C12H22N2O3. The van der Waals surface area contributed by atoms with Gasteiger partial charge in [-0.1, -0.05) is 0 Å². The molecule has 0 radical (unpaired) electrons. The fourth-order valence-electron chi connectivity index (χ4n) is 2.53. The molecule has 0 aromatic rings. The van der Waals surface area contributed by atoms with Crippen LogP contribution in [0.3, 0.4) is 0 Å². The number of nitrogens with zero attached hydrogens (tertiary/aromatic N) is 1. The van der Waals surface area contributed by atoms with Gasteiger partial charge in [-0.25, -0.2) is 0 Å². The number of amides is 1. The molecule has 2 saturated heterocycles. The fraction of sp³-hybridized carbons (Fsp3) is 0.917. The van der Waals surface area contributed by atoms with Gasteiger partial charge in [-0.2, -0.15) is 0 Å². The molecule has 1 N–H and O–H groups in total. The molecule has 5 heteroatoms. The lowest BCUT2D eigenvalue weighted by molar-refractivity contribution is -0.183. The van der Waals surface area contributed by atoms with Crippen molar-refractivity contribution in [2.24, 2.45) is 0 Å².